The lowest BCUT2D eigenvalue weighted by atomic mass is 10.1. The number of halogens is 2. The van der Waals surface area contributed by atoms with Gasteiger partial charge in [-0.1, -0.05) is 0 Å². The van der Waals surface area contributed by atoms with E-state index >= 15 is 0 Å². The molecule has 0 aromatic heterocycles. The molecular weight excluding hydrogens is 262 g/mol. The fourth-order valence-electron chi connectivity index (χ4n) is 2.40. The van der Waals surface area contributed by atoms with Gasteiger partial charge in [0.25, 0.3) is 5.91 Å². The first kappa shape index (κ1) is 14.9. The Balaban J connectivity index is 2.04. The number of nitrogens with zero attached hydrogens (tertiary/aromatic N) is 1. The van der Waals surface area contributed by atoms with Crippen LogP contribution in [0.5, 0.6) is 0 Å². The molecule has 0 unspecified atom stereocenters. The molecule has 1 amide bonds. The zero-order valence-corrected chi connectivity index (χ0v) is 12.0. The molecular formula is C15H20F2N2O. The minimum Gasteiger partial charge on any atom is -0.334 e. The summed E-state index contributed by atoms with van der Waals surface area (Å²) in [4.78, 5) is 13.7. The van der Waals surface area contributed by atoms with E-state index in [9.17, 15) is 13.6 Å². The standard InChI is InChI=1S/C15H20F2N2O/c1-15(2,3)18-13-9-19(8-12(13)17)14(20)10-4-6-11(16)7-5-10/h4-7,12-13,18H,8-9H2,1-3H3/t12-,13+/m0/s1. The summed E-state index contributed by atoms with van der Waals surface area (Å²) in [7, 11) is 0. The topological polar surface area (TPSA) is 32.3 Å². The highest BCUT2D eigenvalue weighted by molar-refractivity contribution is 5.94. The first-order valence-corrected chi connectivity index (χ1v) is 6.73. The van der Waals surface area contributed by atoms with Crippen LogP contribution in [-0.4, -0.2) is 41.6 Å². The maximum absolute atomic E-state index is 14.0. The van der Waals surface area contributed by atoms with E-state index in [1.165, 1.54) is 29.2 Å². The minimum atomic E-state index is -1.08. The number of likely N-dealkylation sites (tertiary alicyclic amines) is 1. The van der Waals surface area contributed by atoms with Crippen molar-refractivity contribution in [2.24, 2.45) is 0 Å². The summed E-state index contributed by atoms with van der Waals surface area (Å²) in [6.07, 6.45) is -1.08. The molecule has 2 atom stereocenters. The first-order chi connectivity index (χ1) is 9.26. The van der Waals surface area contributed by atoms with Crippen molar-refractivity contribution in [1.82, 2.24) is 10.2 Å². The maximum Gasteiger partial charge on any atom is 0.254 e. The minimum absolute atomic E-state index is 0.0734. The third-order valence-corrected chi connectivity index (χ3v) is 3.25. The van der Waals surface area contributed by atoms with E-state index in [-0.39, 0.29) is 24.0 Å². The number of carbonyl (C=O) groups excluding carboxylic acids is 1. The van der Waals surface area contributed by atoms with Gasteiger partial charge in [0.1, 0.15) is 12.0 Å². The predicted octanol–water partition coefficient (Wildman–Crippen LogP) is 2.38. The van der Waals surface area contributed by atoms with Gasteiger partial charge in [0.15, 0.2) is 0 Å². The second-order valence-corrected chi connectivity index (χ2v) is 6.23. The highest BCUT2D eigenvalue weighted by atomic mass is 19.1. The Morgan fingerprint density at radius 3 is 2.40 bits per heavy atom. The lowest BCUT2D eigenvalue weighted by molar-refractivity contribution is 0.0781. The number of alkyl halides is 1. The Morgan fingerprint density at radius 2 is 1.85 bits per heavy atom. The molecule has 1 aromatic carbocycles. The molecule has 0 saturated carbocycles. The molecule has 1 N–H and O–H groups in total. The largest absolute Gasteiger partial charge is 0.334 e. The van der Waals surface area contributed by atoms with Gasteiger partial charge in [-0.3, -0.25) is 4.79 Å². The van der Waals surface area contributed by atoms with Crippen molar-refractivity contribution in [2.75, 3.05) is 13.1 Å². The monoisotopic (exact) mass is 282 g/mol. The highest BCUT2D eigenvalue weighted by Crippen LogP contribution is 2.19. The summed E-state index contributed by atoms with van der Waals surface area (Å²) >= 11 is 0. The van der Waals surface area contributed by atoms with E-state index in [0.29, 0.717) is 12.1 Å². The van der Waals surface area contributed by atoms with E-state index < -0.39 is 12.0 Å². The summed E-state index contributed by atoms with van der Waals surface area (Å²) in [5.41, 5.74) is 0.180. The Bertz CT molecular complexity index is 482. The molecule has 0 bridgehead atoms. The molecule has 1 saturated heterocycles. The molecule has 1 aliphatic heterocycles. The van der Waals surface area contributed by atoms with Gasteiger partial charge in [-0.25, -0.2) is 8.78 Å². The Morgan fingerprint density at radius 1 is 1.25 bits per heavy atom. The molecule has 2 rings (SSSR count). The van der Waals surface area contributed by atoms with E-state index in [1.807, 2.05) is 20.8 Å². The number of amides is 1. The first-order valence-electron chi connectivity index (χ1n) is 6.73. The maximum atomic E-state index is 14.0. The summed E-state index contributed by atoms with van der Waals surface area (Å²) in [5.74, 6) is -0.649. The summed E-state index contributed by atoms with van der Waals surface area (Å²) in [6.45, 7) is 6.29. The number of benzene rings is 1. The van der Waals surface area contributed by atoms with Crippen LogP contribution >= 0.6 is 0 Å². The van der Waals surface area contributed by atoms with Gasteiger partial charge >= 0.3 is 0 Å². The second-order valence-electron chi connectivity index (χ2n) is 6.23. The number of hydrogen-bond acceptors (Lipinski definition) is 2. The van der Waals surface area contributed by atoms with Crippen LogP contribution in [0.3, 0.4) is 0 Å². The van der Waals surface area contributed by atoms with Crippen molar-refractivity contribution >= 4 is 5.91 Å². The molecule has 1 aliphatic rings. The van der Waals surface area contributed by atoms with Crippen LogP contribution in [0.2, 0.25) is 0 Å². The van der Waals surface area contributed by atoms with Crippen molar-refractivity contribution in [3.63, 3.8) is 0 Å². The van der Waals surface area contributed by atoms with Crippen molar-refractivity contribution in [3.05, 3.63) is 35.6 Å². The van der Waals surface area contributed by atoms with Gasteiger partial charge in [-0.05, 0) is 45.0 Å². The van der Waals surface area contributed by atoms with Crippen LogP contribution in [0.1, 0.15) is 31.1 Å². The fraction of sp³-hybridized carbons (Fsp3) is 0.533. The Labute approximate surface area is 118 Å². The van der Waals surface area contributed by atoms with Crippen LogP contribution in [0.4, 0.5) is 8.78 Å². The number of carbonyl (C=O) groups is 1. The molecule has 1 heterocycles. The Kier molecular flexibility index (Phi) is 4.09. The average Bonchev–Trinajstić information content (AvgIpc) is 2.69. The molecule has 1 aromatic rings. The normalized spacial score (nSPS) is 23.1. The molecule has 3 nitrogen and oxygen atoms in total. The second kappa shape index (κ2) is 5.48. The van der Waals surface area contributed by atoms with Crippen LogP contribution in [0, 0.1) is 5.82 Å². The van der Waals surface area contributed by atoms with Crippen molar-refractivity contribution in [3.8, 4) is 0 Å². The van der Waals surface area contributed by atoms with E-state index in [2.05, 4.69) is 5.32 Å². The molecule has 0 spiro atoms. The number of nitrogens with one attached hydrogen (secondary N) is 1. The summed E-state index contributed by atoms with van der Waals surface area (Å²) in [5, 5.41) is 3.18. The summed E-state index contributed by atoms with van der Waals surface area (Å²) < 4.78 is 26.8. The van der Waals surface area contributed by atoms with Crippen LogP contribution in [-0.2, 0) is 0 Å². The Hall–Kier alpha value is -1.49. The van der Waals surface area contributed by atoms with Gasteiger partial charge in [-0.2, -0.15) is 0 Å². The van der Waals surface area contributed by atoms with Gasteiger partial charge in [0, 0.05) is 17.6 Å². The molecule has 110 valence electrons. The zero-order valence-electron chi connectivity index (χ0n) is 12.0. The quantitative estimate of drug-likeness (QED) is 0.903. The van der Waals surface area contributed by atoms with Gasteiger partial charge < -0.3 is 10.2 Å². The van der Waals surface area contributed by atoms with E-state index in [4.69, 9.17) is 0 Å². The SMILES string of the molecule is CC(C)(C)N[C@@H]1CN(C(=O)c2ccc(F)cc2)C[C@@H]1F. The average molecular weight is 282 g/mol. The zero-order chi connectivity index (χ0) is 14.9. The molecule has 5 heteroatoms. The third kappa shape index (κ3) is 3.54. The molecule has 20 heavy (non-hydrogen) atoms. The van der Waals surface area contributed by atoms with E-state index in [1.54, 1.807) is 0 Å². The fourth-order valence-corrected chi connectivity index (χ4v) is 2.40. The van der Waals surface area contributed by atoms with Gasteiger partial charge in [0.05, 0.1) is 12.6 Å². The van der Waals surface area contributed by atoms with Gasteiger partial charge in [-0.15, -0.1) is 0 Å². The lowest BCUT2D eigenvalue weighted by Crippen LogP contribution is -2.48. The van der Waals surface area contributed by atoms with Crippen molar-refractivity contribution < 1.29 is 13.6 Å². The smallest absolute Gasteiger partial charge is 0.254 e. The van der Waals surface area contributed by atoms with Gasteiger partial charge in [0.2, 0.25) is 0 Å². The van der Waals surface area contributed by atoms with Crippen LogP contribution in [0.25, 0.3) is 0 Å². The lowest BCUT2D eigenvalue weighted by Gasteiger charge is -2.26. The summed E-state index contributed by atoms with van der Waals surface area (Å²) in [6, 6.07) is 4.96. The predicted molar refractivity (Wildman–Crippen MR) is 73.9 cm³/mol. The number of rotatable bonds is 2. The van der Waals surface area contributed by atoms with Crippen molar-refractivity contribution in [2.45, 2.75) is 38.5 Å². The third-order valence-electron chi connectivity index (χ3n) is 3.25. The molecule has 0 radical (unpaired) electrons. The molecule has 0 aliphatic carbocycles. The highest BCUT2D eigenvalue weighted by Gasteiger charge is 2.37. The van der Waals surface area contributed by atoms with E-state index in [0.717, 1.165) is 0 Å². The molecule has 1 fully saturated rings. The number of hydrogen-bond donors (Lipinski definition) is 1. The van der Waals surface area contributed by atoms with Crippen molar-refractivity contribution in [1.29, 1.82) is 0 Å². The van der Waals surface area contributed by atoms with Crippen LogP contribution in [0.15, 0.2) is 24.3 Å². The van der Waals surface area contributed by atoms with Crippen LogP contribution < -0.4 is 5.32 Å².